The first-order chi connectivity index (χ1) is 13.0. The molecule has 0 unspecified atom stereocenters. The Morgan fingerprint density at radius 2 is 2.19 bits per heavy atom. The van der Waals surface area contributed by atoms with Gasteiger partial charge < -0.3 is 24.4 Å². The van der Waals surface area contributed by atoms with E-state index in [2.05, 4.69) is 4.98 Å². The van der Waals surface area contributed by atoms with Gasteiger partial charge in [-0.1, -0.05) is 6.07 Å². The van der Waals surface area contributed by atoms with Crippen LogP contribution in [0.4, 0.5) is 0 Å². The summed E-state index contributed by atoms with van der Waals surface area (Å²) < 4.78 is 11.2. The normalized spacial score (nSPS) is 16.2. The number of nitrogens with one attached hydrogen (secondary N) is 1. The Balaban J connectivity index is 1.47. The monoisotopic (exact) mass is 367 g/mol. The molecule has 1 fully saturated rings. The van der Waals surface area contributed by atoms with E-state index in [0.717, 1.165) is 11.1 Å². The summed E-state index contributed by atoms with van der Waals surface area (Å²) in [7, 11) is -1.01. The second-order valence-electron chi connectivity index (χ2n) is 6.58. The van der Waals surface area contributed by atoms with Gasteiger partial charge in [0.05, 0.1) is 13.1 Å². The molecule has 3 N–H and O–H groups in total. The highest BCUT2D eigenvalue weighted by Gasteiger charge is 2.34. The Bertz CT molecular complexity index is 886. The summed E-state index contributed by atoms with van der Waals surface area (Å²) >= 11 is 0. The second-order valence-corrected chi connectivity index (χ2v) is 6.58. The molecule has 1 saturated heterocycles. The average Bonchev–Trinajstić information content (AvgIpc) is 2.63. The fourth-order valence-electron chi connectivity index (χ4n) is 3.27. The number of rotatable bonds is 4. The largest absolute Gasteiger partial charge is 0.535 e. The van der Waals surface area contributed by atoms with Gasteiger partial charge in [0.1, 0.15) is 29.0 Å². The Labute approximate surface area is 156 Å². The van der Waals surface area contributed by atoms with Gasteiger partial charge in [-0.05, 0) is 36.5 Å². The van der Waals surface area contributed by atoms with Crippen molar-refractivity contribution in [2.45, 2.75) is 18.8 Å². The minimum Gasteiger partial charge on any atom is -0.535 e. The lowest BCUT2D eigenvalue weighted by Crippen LogP contribution is -2.56. The van der Waals surface area contributed by atoms with Crippen molar-refractivity contribution >= 4 is 18.9 Å². The van der Waals surface area contributed by atoms with Gasteiger partial charge in [0, 0.05) is 18.0 Å². The molecule has 8 nitrogen and oxygen atoms in total. The summed E-state index contributed by atoms with van der Waals surface area (Å²) in [6, 6.07) is 7.01. The van der Waals surface area contributed by atoms with E-state index in [9.17, 15) is 14.9 Å². The van der Waals surface area contributed by atoms with Gasteiger partial charge in [0.15, 0.2) is 0 Å². The lowest BCUT2D eigenvalue weighted by molar-refractivity contribution is 0.0597. The average molecular weight is 367 g/mol. The summed E-state index contributed by atoms with van der Waals surface area (Å²) in [6.07, 6.45) is 4.04. The van der Waals surface area contributed by atoms with E-state index in [4.69, 9.17) is 14.8 Å². The van der Waals surface area contributed by atoms with Gasteiger partial charge in [-0.3, -0.25) is 10.4 Å². The number of hydrogen-bond acceptors (Lipinski definition) is 6. The zero-order valence-corrected chi connectivity index (χ0v) is 14.5. The Morgan fingerprint density at radius 1 is 1.37 bits per heavy atom. The van der Waals surface area contributed by atoms with Crippen molar-refractivity contribution in [1.82, 2.24) is 9.88 Å². The van der Waals surface area contributed by atoms with Crippen LogP contribution in [0.5, 0.6) is 11.5 Å². The molecular weight excluding hydrogens is 349 g/mol. The number of carboxylic acids is 1. The number of benzene rings is 1. The van der Waals surface area contributed by atoms with Crippen molar-refractivity contribution in [3.8, 4) is 11.5 Å². The van der Waals surface area contributed by atoms with Gasteiger partial charge in [-0.2, -0.15) is 0 Å². The van der Waals surface area contributed by atoms with E-state index in [0.29, 0.717) is 31.7 Å². The molecule has 4 rings (SSSR count). The molecule has 0 aliphatic carbocycles. The van der Waals surface area contributed by atoms with Crippen LogP contribution < -0.4 is 9.39 Å². The maximum atomic E-state index is 11.8. The van der Waals surface area contributed by atoms with E-state index in [1.165, 1.54) is 0 Å². The van der Waals surface area contributed by atoms with Gasteiger partial charge in [0.25, 0.3) is 0 Å². The minimum atomic E-state index is -1.16. The number of likely N-dealkylation sites (tertiary alicyclic amines) is 1. The summed E-state index contributed by atoms with van der Waals surface area (Å²) in [5, 5.41) is 27.5. The minimum absolute atomic E-state index is 0.0629. The number of nitrogens with zero attached hydrogens (tertiary/aromatic N) is 2. The van der Waals surface area contributed by atoms with Crippen molar-refractivity contribution in [2.75, 3.05) is 13.1 Å². The quantitative estimate of drug-likeness (QED) is 0.424. The SMILES string of the molecule is N=C(c1cccnc1)N1CC(Oc2ccc3c(c2C(=O)O)OB(O)CC3)C1. The maximum Gasteiger partial charge on any atom is 0.522 e. The molecule has 27 heavy (non-hydrogen) atoms. The highest BCUT2D eigenvalue weighted by atomic mass is 16.5. The van der Waals surface area contributed by atoms with Crippen molar-refractivity contribution in [3.05, 3.63) is 53.3 Å². The highest BCUT2D eigenvalue weighted by Crippen LogP contribution is 2.37. The van der Waals surface area contributed by atoms with Crippen LogP contribution in [0.1, 0.15) is 21.5 Å². The number of carbonyl (C=O) groups is 1. The Kier molecular flexibility index (Phi) is 4.45. The van der Waals surface area contributed by atoms with Gasteiger partial charge in [-0.15, -0.1) is 0 Å². The molecule has 2 aliphatic heterocycles. The first-order valence-electron chi connectivity index (χ1n) is 8.67. The third-order valence-electron chi connectivity index (χ3n) is 4.72. The first kappa shape index (κ1) is 17.4. The lowest BCUT2D eigenvalue weighted by Gasteiger charge is -2.40. The molecule has 2 aliphatic rings. The van der Waals surface area contributed by atoms with Gasteiger partial charge in [-0.25, -0.2) is 4.79 Å². The summed E-state index contributed by atoms with van der Waals surface area (Å²) in [6.45, 7) is 0.959. The number of fused-ring (bicyclic) bond motifs is 1. The zero-order valence-electron chi connectivity index (χ0n) is 14.5. The predicted octanol–water partition coefficient (Wildman–Crippen LogP) is 1.28. The standard InChI is InChI=1S/C18H18BN3O5/c20-17(12-2-1-7-21-8-12)22-9-13(10-22)26-14-4-3-11-5-6-19(25)27-16(11)15(14)18(23)24/h1-4,7-8,13,20,25H,5-6,9-10H2,(H,23,24). The van der Waals surface area contributed by atoms with E-state index < -0.39 is 13.1 Å². The van der Waals surface area contributed by atoms with Crippen LogP contribution in [0.3, 0.4) is 0 Å². The van der Waals surface area contributed by atoms with Crippen LogP contribution in [0.25, 0.3) is 0 Å². The molecule has 0 amide bonds. The Morgan fingerprint density at radius 3 is 2.89 bits per heavy atom. The number of ether oxygens (including phenoxy) is 1. The number of pyridine rings is 1. The number of aromatic nitrogens is 1. The van der Waals surface area contributed by atoms with E-state index in [-0.39, 0.29) is 23.2 Å². The molecule has 0 atom stereocenters. The van der Waals surface area contributed by atoms with Crippen molar-refractivity contribution in [1.29, 1.82) is 5.41 Å². The molecule has 2 aromatic rings. The summed E-state index contributed by atoms with van der Waals surface area (Å²) in [4.78, 5) is 17.6. The highest BCUT2D eigenvalue weighted by molar-refractivity contribution is 6.44. The zero-order chi connectivity index (χ0) is 19.0. The molecule has 0 spiro atoms. The predicted molar refractivity (Wildman–Crippen MR) is 97.6 cm³/mol. The van der Waals surface area contributed by atoms with E-state index >= 15 is 0 Å². The fraction of sp³-hybridized carbons (Fsp3) is 0.278. The molecule has 0 radical (unpaired) electrons. The van der Waals surface area contributed by atoms with Crippen LogP contribution in [-0.4, -0.2) is 58.1 Å². The maximum absolute atomic E-state index is 11.8. The van der Waals surface area contributed by atoms with Gasteiger partial charge >= 0.3 is 13.1 Å². The Hall–Kier alpha value is -3.07. The van der Waals surface area contributed by atoms with Crippen LogP contribution >= 0.6 is 0 Å². The molecule has 0 bridgehead atoms. The number of carboxylic acid groups (broad SMARTS) is 1. The molecule has 3 heterocycles. The van der Waals surface area contributed by atoms with E-state index in [1.807, 2.05) is 11.0 Å². The fourth-order valence-corrected chi connectivity index (χ4v) is 3.27. The first-order valence-corrected chi connectivity index (χ1v) is 8.67. The van der Waals surface area contributed by atoms with Crippen LogP contribution in [0.2, 0.25) is 6.32 Å². The van der Waals surface area contributed by atoms with Gasteiger partial charge in [0.2, 0.25) is 0 Å². The number of hydrogen-bond donors (Lipinski definition) is 3. The molecular formula is C18H18BN3O5. The number of aromatic carboxylic acids is 1. The molecule has 0 saturated carbocycles. The third-order valence-corrected chi connectivity index (χ3v) is 4.72. The molecule has 1 aromatic carbocycles. The van der Waals surface area contributed by atoms with Crippen molar-refractivity contribution in [2.24, 2.45) is 0 Å². The molecule has 1 aromatic heterocycles. The number of amidine groups is 1. The van der Waals surface area contributed by atoms with Crippen molar-refractivity contribution in [3.63, 3.8) is 0 Å². The van der Waals surface area contributed by atoms with E-state index in [1.54, 1.807) is 30.6 Å². The van der Waals surface area contributed by atoms with Crippen molar-refractivity contribution < 1.29 is 24.3 Å². The topological polar surface area (TPSA) is 116 Å². The van der Waals surface area contributed by atoms with Crippen LogP contribution in [0.15, 0.2) is 36.7 Å². The molecule has 9 heteroatoms. The number of aryl methyl sites for hydroxylation is 1. The summed E-state index contributed by atoms with van der Waals surface area (Å²) in [5.74, 6) is -0.403. The third kappa shape index (κ3) is 3.33. The second kappa shape index (κ2) is 6.92. The van der Waals surface area contributed by atoms with Crippen LogP contribution in [-0.2, 0) is 6.42 Å². The molecule has 138 valence electrons. The van der Waals surface area contributed by atoms with Crippen LogP contribution in [0, 0.1) is 5.41 Å². The lowest BCUT2D eigenvalue weighted by atomic mass is 9.78. The summed E-state index contributed by atoms with van der Waals surface area (Å²) in [5.41, 5.74) is 1.41. The smallest absolute Gasteiger partial charge is 0.522 e.